The molecule has 0 spiro atoms. The van der Waals surface area contributed by atoms with Gasteiger partial charge in [0.05, 0.1) is 0 Å². The van der Waals surface area contributed by atoms with Crippen molar-refractivity contribution in [2.45, 2.75) is 40.0 Å². The molecule has 0 N–H and O–H groups in total. The van der Waals surface area contributed by atoms with Crippen molar-refractivity contribution in [2.24, 2.45) is 0 Å². The fourth-order valence-corrected chi connectivity index (χ4v) is 5.98. The second kappa shape index (κ2) is 6.05. The van der Waals surface area contributed by atoms with Crippen molar-refractivity contribution in [1.82, 2.24) is 0 Å². The summed E-state index contributed by atoms with van der Waals surface area (Å²) in [6.45, 7) is 6.66. The number of halogens is 2. The standard InChI is InChI=1S/C18H18ClIS/c1-4-10-7-13-14-8-11(5-2)17(20)12(6-3)18(14)21-16(13)9-15(10)19/h7-9H,4-6H2,1-3H3. The Morgan fingerprint density at radius 3 is 2.24 bits per heavy atom. The lowest BCUT2D eigenvalue weighted by Crippen LogP contribution is -1.93. The van der Waals surface area contributed by atoms with E-state index in [0.717, 1.165) is 24.3 Å². The first-order valence-corrected chi connectivity index (χ1v) is 9.72. The number of aryl methyl sites for hydroxylation is 3. The van der Waals surface area contributed by atoms with Crippen LogP contribution in [0.2, 0.25) is 5.02 Å². The monoisotopic (exact) mass is 428 g/mol. The largest absolute Gasteiger partial charge is 0.135 e. The molecule has 0 atom stereocenters. The highest BCUT2D eigenvalue weighted by molar-refractivity contribution is 14.1. The minimum atomic E-state index is 0.903. The van der Waals surface area contributed by atoms with Gasteiger partial charge in [0.1, 0.15) is 0 Å². The number of hydrogen-bond donors (Lipinski definition) is 0. The minimum Gasteiger partial charge on any atom is -0.135 e. The van der Waals surface area contributed by atoms with Gasteiger partial charge in [-0.05, 0) is 76.7 Å². The van der Waals surface area contributed by atoms with Crippen LogP contribution in [0.25, 0.3) is 20.2 Å². The van der Waals surface area contributed by atoms with Crippen molar-refractivity contribution in [1.29, 1.82) is 0 Å². The highest BCUT2D eigenvalue weighted by atomic mass is 127. The molecule has 21 heavy (non-hydrogen) atoms. The van der Waals surface area contributed by atoms with Crippen molar-refractivity contribution >= 4 is 65.7 Å². The molecule has 0 aliphatic carbocycles. The van der Waals surface area contributed by atoms with Gasteiger partial charge in [-0.25, -0.2) is 0 Å². The molecule has 0 bridgehead atoms. The topological polar surface area (TPSA) is 0 Å². The highest BCUT2D eigenvalue weighted by Crippen LogP contribution is 2.41. The van der Waals surface area contributed by atoms with Gasteiger partial charge in [0, 0.05) is 28.8 Å². The molecule has 0 radical (unpaired) electrons. The lowest BCUT2D eigenvalue weighted by atomic mass is 10.0. The molecule has 1 heterocycles. The summed E-state index contributed by atoms with van der Waals surface area (Å²) in [6, 6.07) is 6.84. The summed E-state index contributed by atoms with van der Waals surface area (Å²) in [4.78, 5) is 0. The predicted octanol–water partition coefficient (Wildman–Crippen LogP) is 7.00. The maximum absolute atomic E-state index is 6.40. The van der Waals surface area contributed by atoms with Gasteiger partial charge in [0.15, 0.2) is 0 Å². The number of benzene rings is 2. The summed E-state index contributed by atoms with van der Waals surface area (Å²) in [7, 11) is 0. The van der Waals surface area contributed by atoms with Gasteiger partial charge >= 0.3 is 0 Å². The SMILES string of the molecule is CCc1cc2c(cc1Cl)sc1c(CC)c(I)c(CC)cc12. The molecular formula is C18H18ClIS. The third-order valence-electron chi connectivity index (χ3n) is 4.15. The zero-order valence-corrected chi connectivity index (χ0v) is 16.2. The van der Waals surface area contributed by atoms with Crippen molar-refractivity contribution in [3.05, 3.63) is 43.5 Å². The summed E-state index contributed by atoms with van der Waals surface area (Å²) in [5.74, 6) is 0. The van der Waals surface area contributed by atoms with Crippen LogP contribution in [0.3, 0.4) is 0 Å². The zero-order valence-electron chi connectivity index (χ0n) is 12.5. The molecular weight excluding hydrogens is 411 g/mol. The van der Waals surface area contributed by atoms with E-state index in [4.69, 9.17) is 11.6 Å². The highest BCUT2D eigenvalue weighted by Gasteiger charge is 2.15. The number of thiophene rings is 1. The maximum Gasteiger partial charge on any atom is 0.0452 e. The molecule has 110 valence electrons. The van der Waals surface area contributed by atoms with Gasteiger partial charge in [-0.15, -0.1) is 11.3 Å². The molecule has 0 saturated carbocycles. The van der Waals surface area contributed by atoms with Crippen molar-refractivity contribution in [2.75, 3.05) is 0 Å². The van der Waals surface area contributed by atoms with E-state index in [1.165, 1.54) is 40.4 Å². The first-order chi connectivity index (χ1) is 10.1. The van der Waals surface area contributed by atoms with E-state index in [-0.39, 0.29) is 0 Å². The number of fused-ring (bicyclic) bond motifs is 3. The van der Waals surface area contributed by atoms with Crippen molar-refractivity contribution < 1.29 is 0 Å². The summed E-state index contributed by atoms with van der Waals surface area (Å²) in [6.07, 6.45) is 3.16. The van der Waals surface area contributed by atoms with Crippen molar-refractivity contribution in [3.8, 4) is 0 Å². The van der Waals surface area contributed by atoms with Crippen LogP contribution >= 0.6 is 45.5 Å². The second-order valence-electron chi connectivity index (χ2n) is 5.31. The normalized spacial score (nSPS) is 11.7. The summed E-state index contributed by atoms with van der Waals surface area (Å²) >= 11 is 10.8. The van der Waals surface area contributed by atoms with Crippen LogP contribution in [0.1, 0.15) is 37.5 Å². The Hall–Kier alpha value is -0.320. The maximum atomic E-state index is 6.40. The smallest absolute Gasteiger partial charge is 0.0452 e. The molecule has 0 aliphatic rings. The van der Waals surface area contributed by atoms with Crippen LogP contribution in [0.4, 0.5) is 0 Å². The molecule has 0 nitrogen and oxygen atoms in total. The van der Waals surface area contributed by atoms with E-state index in [1.807, 2.05) is 11.3 Å². The van der Waals surface area contributed by atoms with E-state index in [2.05, 4.69) is 61.6 Å². The number of rotatable bonds is 3. The summed E-state index contributed by atoms with van der Waals surface area (Å²) in [5.41, 5.74) is 4.21. The van der Waals surface area contributed by atoms with Gasteiger partial charge < -0.3 is 0 Å². The predicted molar refractivity (Wildman–Crippen MR) is 105 cm³/mol. The Labute approximate surface area is 148 Å². The Bertz CT molecular complexity index is 832. The van der Waals surface area contributed by atoms with Crippen LogP contribution in [0.15, 0.2) is 18.2 Å². The van der Waals surface area contributed by atoms with Crippen molar-refractivity contribution in [3.63, 3.8) is 0 Å². The first kappa shape index (κ1) is 15.6. The Kier molecular flexibility index (Phi) is 4.49. The Balaban J connectivity index is 2.47. The van der Waals surface area contributed by atoms with Crippen LogP contribution < -0.4 is 0 Å². The fraction of sp³-hybridized carbons (Fsp3) is 0.333. The Morgan fingerprint density at radius 2 is 1.62 bits per heavy atom. The van der Waals surface area contributed by atoms with E-state index in [9.17, 15) is 0 Å². The zero-order chi connectivity index (χ0) is 15.1. The van der Waals surface area contributed by atoms with Crippen LogP contribution in [0.5, 0.6) is 0 Å². The molecule has 3 heteroatoms. The van der Waals surface area contributed by atoms with Gasteiger partial charge in [0.2, 0.25) is 0 Å². The van der Waals surface area contributed by atoms with Crippen LogP contribution in [-0.2, 0) is 19.3 Å². The molecule has 1 aromatic heterocycles. The summed E-state index contributed by atoms with van der Waals surface area (Å²) in [5, 5.41) is 3.69. The van der Waals surface area contributed by atoms with E-state index < -0.39 is 0 Å². The van der Waals surface area contributed by atoms with Gasteiger partial charge in [0.25, 0.3) is 0 Å². The van der Waals surface area contributed by atoms with Gasteiger partial charge in [-0.1, -0.05) is 32.4 Å². The average Bonchev–Trinajstić information content (AvgIpc) is 2.82. The number of hydrogen-bond acceptors (Lipinski definition) is 1. The molecule has 2 aromatic carbocycles. The molecule has 0 fully saturated rings. The quantitative estimate of drug-likeness (QED) is 0.394. The Morgan fingerprint density at radius 1 is 0.952 bits per heavy atom. The lowest BCUT2D eigenvalue weighted by molar-refractivity contribution is 1.09. The van der Waals surface area contributed by atoms with E-state index in [1.54, 1.807) is 0 Å². The average molecular weight is 429 g/mol. The van der Waals surface area contributed by atoms with Gasteiger partial charge in [-0.2, -0.15) is 0 Å². The molecule has 0 unspecified atom stereocenters. The van der Waals surface area contributed by atoms with E-state index >= 15 is 0 Å². The third kappa shape index (κ3) is 2.49. The van der Waals surface area contributed by atoms with Gasteiger partial charge in [-0.3, -0.25) is 0 Å². The molecule has 0 amide bonds. The first-order valence-electron chi connectivity index (χ1n) is 7.45. The minimum absolute atomic E-state index is 0.903. The van der Waals surface area contributed by atoms with Crippen LogP contribution in [0, 0.1) is 3.57 Å². The third-order valence-corrected chi connectivity index (χ3v) is 7.07. The summed E-state index contributed by atoms with van der Waals surface area (Å²) < 4.78 is 4.20. The lowest BCUT2D eigenvalue weighted by Gasteiger charge is -2.09. The van der Waals surface area contributed by atoms with E-state index in [0.29, 0.717) is 0 Å². The second-order valence-corrected chi connectivity index (χ2v) is 7.85. The fourth-order valence-electron chi connectivity index (χ4n) is 2.92. The molecule has 3 rings (SSSR count). The molecule has 0 saturated heterocycles. The molecule has 3 aromatic rings. The van der Waals surface area contributed by atoms with Crippen LogP contribution in [-0.4, -0.2) is 0 Å². The molecule has 0 aliphatic heterocycles.